The molecule has 0 atom stereocenters. The molecule has 0 saturated carbocycles. The molecule has 25 heavy (non-hydrogen) atoms. The van der Waals surface area contributed by atoms with E-state index in [-0.39, 0.29) is 12.5 Å². The van der Waals surface area contributed by atoms with Crippen molar-refractivity contribution in [1.82, 2.24) is 4.90 Å². The molecule has 0 fully saturated rings. The van der Waals surface area contributed by atoms with Crippen molar-refractivity contribution in [3.05, 3.63) is 58.3 Å². The van der Waals surface area contributed by atoms with Crippen molar-refractivity contribution in [3.8, 4) is 11.3 Å². The smallest absolute Gasteiger partial charge is 0.331 e. The highest BCUT2D eigenvalue weighted by Crippen LogP contribution is 2.24. The van der Waals surface area contributed by atoms with E-state index in [1.54, 1.807) is 20.9 Å². The van der Waals surface area contributed by atoms with Crippen LogP contribution in [0.1, 0.15) is 19.6 Å². The Kier molecular flexibility index (Phi) is 6.58. The number of furan rings is 1. The minimum atomic E-state index is -0.516. The standard InChI is InChI=1S/C19H20BrNO4/c1-13(2)10-19(23)24-12-18(22)21(3)11-16-8-9-17(25-16)14-4-6-15(20)7-5-14/h4-10H,11-12H2,1-3H3. The van der Waals surface area contributed by atoms with Crippen molar-refractivity contribution in [2.45, 2.75) is 20.4 Å². The Morgan fingerprint density at radius 1 is 1.16 bits per heavy atom. The number of ether oxygens (including phenoxy) is 1. The van der Waals surface area contributed by atoms with Crippen LogP contribution in [0, 0.1) is 0 Å². The van der Waals surface area contributed by atoms with Crippen LogP contribution in [0.15, 0.2) is 56.9 Å². The van der Waals surface area contributed by atoms with Gasteiger partial charge in [0.1, 0.15) is 11.5 Å². The molecular formula is C19H20BrNO4. The van der Waals surface area contributed by atoms with E-state index < -0.39 is 5.97 Å². The van der Waals surface area contributed by atoms with Crippen molar-refractivity contribution in [3.63, 3.8) is 0 Å². The van der Waals surface area contributed by atoms with Crippen molar-refractivity contribution in [1.29, 1.82) is 0 Å². The monoisotopic (exact) mass is 405 g/mol. The zero-order chi connectivity index (χ0) is 18.4. The third-order valence-electron chi connectivity index (χ3n) is 3.35. The van der Waals surface area contributed by atoms with Gasteiger partial charge in [-0.05, 0) is 38.1 Å². The molecular weight excluding hydrogens is 386 g/mol. The van der Waals surface area contributed by atoms with Gasteiger partial charge in [-0.25, -0.2) is 4.79 Å². The quantitative estimate of drug-likeness (QED) is 0.534. The molecule has 5 nitrogen and oxygen atoms in total. The van der Waals surface area contributed by atoms with Crippen LogP contribution in [-0.2, 0) is 20.9 Å². The number of allylic oxidation sites excluding steroid dienone is 1. The summed E-state index contributed by atoms with van der Waals surface area (Å²) in [7, 11) is 1.64. The fraction of sp³-hybridized carbons (Fsp3) is 0.263. The number of halogens is 1. The summed E-state index contributed by atoms with van der Waals surface area (Å²) >= 11 is 3.40. The van der Waals surface area contributed by atoms with E-state index in [2.05, 4.69) is 15.9 Å². The summed E-state index contributed by atoms with van der Waals surface area (Å²) in [6, 6.07) is 11.5. The van der Waals surface area contributed by atoms with Gasteiger partial charge in [0.25, 0.3) is 5.91 Å². The molecule has 1 aromatic carbocycles. The van der Waals surface area contributed by atoms with Gasteiger partial charge in [-0.1, -0.05) is 33.6 Å². The van der Waals surface area contributed by atoms with Gasteiger partial charge in [0.05, 0.1) is 6.54 Å². The maximum Gasteiger partial charge on any atom is 0.331 e. The number of carbonyl (C=O) groups excluding carboxylic acids is 2. The summed E-state index contributed by atoms with van der Waals surface area (Å²) in [6.45, 7) is 3.58. The number of hydrogen-bond donors (Lipinski definition) is 0. The largest absolute Gasteiger partial charge is 0.459 e. The minimum Gasteiger partial charge on any atom is -0.459 e. The second kappa shape index (κ2) is 8.67. The molecule has 0 spiro atoms. The molecule has 0 bridgehead atoms. The molecule has 0 aliphatic carbocycles. The molecule has 132 valence electrons. The highest BCUT2D eigenvalue weighted by atomic mass is 79.9. The first kappa shape index (κ1) is 19.0. The summed E-state index contributed by atoms with van der Waals surface area (Å²) < 4.78 is 11.7. The molecule has 1 amide bonds. The Morgan fingerprint density at radius 2 is 1.84 bits per heavy atom. The van der Waals surface area contributed by atoms with Gasteiger partial charge in [-0.2, -0.15) is 0 Å². The number of hydrogen-bond acceptors (Lipinski definition) is 4. The maximum atomic E-state index is 12.0. The summed E-state index contributed by atoms with van der Waals surface area (Å²) in [5.74, 6) is 0.581. The molecule has 1 aromatic heterocycles. The SMILES string of the molecule is CC(C)=CC(=O)OCC(=O)N(C)Cc1ccc(-c2ccc(Br)cc2)o1. The van der Waals surface area contributed by atoms with Crippen LogP contribution in [0.4, 0.5) is 0 Å². The van der Waals surface area contributed by atoms with Crippen molar-refractivity contribution < 1.29 is 18.7 Å². The fourth-order valence-electron chi connectivity index (χ4n) is 2.07. The van der Waals surface area contributed by atoms with E-state index in [4.69, 9.17) is 9.15 Å². The van der Waals surface area contributed by atoms with E-state index in [0.29, 0.717) is 12.3 Å². The zero-order valence-corrected chi connectivity index (χ0v) is 16.0. The van der Waals surface area contributed by atoms with Crippen molar-refractivity contribution in [2.75, 3.05) is 13.7 Å². The van der Waals surface area contributed by atoms with E-state index in [1.807, 2.05) is 36.4 Å². The van der Waals surface area contributed by atoms with Gasteiger partial charge in [-0.15, -0.1) is 0 Å². The van der Waals surface area contributed by atoms with Crippen LogP contribution < -0.4 is 0 Å². The van der Waals surface area contributed by atoms with E-state index in [9.17, 15) is 9.59 Å². The van der Waals surface area contributed by atoms with Crippen LogP contribution in [-0.4, -0.2) is 30.4 Å². The highest BCUT2D eigenvalue weighted by Gasteiger charge is 2.14. The Balaban J connectivity index is 1.91. The maximum absolute atomic E-state index is 12.0. The highest BCUT2D eigenvalue weighted by molar-refractivity contribution is 9.10. The molecule has 0 N–H and O–H groups in total. The number of amides is 1. The second-order valence-corrected chi connectivity index (χ2v) is 6.77. The Bertz CT molecular complexity index is 773. The molecule has 0 aliphatic rings. The first-order valence-corrected chi connectivity index (χ1v) is 8.54. The van der Waals surface area contributed by atoms with Crippen LogP contribution in [0.25, 0.3) is 11.3 Å². The lowest BCUT2D eigenvalue weighted by Gasteiger charge is -2.15. The van der Waals surface area contributed by atoms with Gasteiger partial charge < -0.3 is 14.1 Å². The molecule has 0 aliphatic heterocycles. The topological polar surface area (TPSA) is 59.8 Å². The molecule has 6 heteroatoms. The van der Waals surface area contributed by atoms with Crippen molar-refractivity contribution >= 4 is 27.8 Å². The molecule has 2 aromatic rings. The zero-order valence-electron chi connectivity index (χ0n) is 14.4. The average Bonchev–Trinajstić information content (AvgIpc) is 3.01. The van der Waals surface area contributed by atoms with Gasteiger partial charge in [-0.3, -0.25) is 4.79 Å². The Morgan fingerprint density at radius 3 is 2.48 bits per heavy atom. The van der Waals surface area contributed by atoms with Gasteiger partial charge >= 0.3 is 5.97 Å². The summed E-state index contributed by atoms with van der Waals surface area (Å²) in [4.78, 5) is 24.9. The van der Waals surface area contributed by atoms with Crippen LogP contribution in [0.3, 0.4) is 0 Å². The third kappa shape index (κ3) is 5.90. The van der Waals surface area contributed by atoms with E-state index in [1.165, 1.54) is 11.0 Å². The third-order valence-corrected chi connectivity index (χ3v) is 3.88. The van der Waals surface area contributed by atoms with E-state index >= 15 is 0 Å². The minimum absolute atomic E-state index is 0.292. The van der Waals surface area contributed by atoms with Crippen LogP contribution in [0.2, 0.25) is 0 Å². The lowest BCUT2D eigenvalue weighted by atomic mass is 10.2. The number of nitrogens with zero attached hydrogens (tertiary/aromatic N) is 1. The number of esters is 1. The molecule has 1 heterocycles. The summed E-state index contributed by atoms with van der Waals surface area (Å²) in [5.41, 5.74) is 1.78. The summed E-state index contributed by atoms with van der Waals surface area (Å²) in [6.07, 6.45) is 1.35. The molecule has 0 unspecified atom stereocenters. The predicted octanol–water partition coefficient (Wildman–Crippen LogP) is 4.18. The van der Waals surface area contributed by atoms with Crippen LogP contribution >= 0.6 is 15.9 Å². The lowest BCUT2D eigenvalue weighted by Crippen LogP contribution is -2.30. The first-order valence-electron chi connectivity index (χ1n) is 7.75. The summed E-state index contributed by atoms with van der Waals surface area (Å²) in [5, 5.41) is 0. The number of likely N-dealkylation sites (N-methyl/N-ethyl adjacent to an activating group) is 1. The predicted molar refractivity (Wildman–Crippen MR) is 98.7 cm³/mol. The fourth-order valence-corrected chi connectivity index (χ4v) is 2.34. The van der Waals surface area contributed by atoms with E-state index in [0.717, 1.165) is 21.4 Å². The lowest BCUT2D eigenvalue weighted by molar-refractivity contribution is -0.147. The normalized spacial score (nSPS) is 10.2. The molecule has 0 saturated heterocycles. The number of rotatable bonds is 6. The van der Waals surface area contributed by atoms with Crippen molar-refractivity contribution in [2.24, 2.45) is 0 Å². The van der Waals surface area contributed by atoms with Gasteiger partial charge in [0, 0.05) is 23.2 Å². The molecule has 0 radical (unpaired) electrons. The number of carbonyl (C=O) groups is 2. The van der Waals surface area contributed by atoms with Gasteiger partial charge in [0.15, 0.2) is 6.61 Å². The second-order valence-electron chi connectivity index (χ2n) is 5.85. The average molecular weight is 406 g/mol. The first-order chi connectivity index (χ1) is 11.8. The Hall–Kier alpha value is -2.34. The Labute approximate surface area is 155 Å². The van der Waals surface area contributed by atoms with Crippen LogP contribution in [0.5, 0.6) is 0 Å². The molecule has 2 rings (SSSR count). The number of benzene rings is 1. The van der Waals surface area contributed by atoms with Gasteiger partial charge in [0.2, 0.25) is 0 Å².